The summed E-state index contributed by atoms with van der Waals surface area (Å²) in [4.78, 5) is 23.8. The molecule has 0 saturated carbocycles. The average Bonchev–Trinajstić information content (AvgIpc) is 2.64. The van der Waals surface area contributed by atoms with Gasteiger partial charge in [0.25, 0.3) is 5.91 Å². The van der Waals surface area contributed by atoms with Crippen molar-refractivity contribution in [2.75, 3.05) is 13.7 Å². The molecule has 1 atom stereocenters. The first kappa shape index (κ1) is 20.3. The van der Waals surface area contributed by atoms with Crippen molar-refractivity contribution < 1.29 is 24.2 Å². The minimum absolute atomic E-state index is 0.245. The van der Waals surface area contributed by atoms with Gasteiger partial charge in [-0.25, -0.2) is 4.79 Å². The molecule has 6 heteroatoms. The summed E-state index contributed by atoms with van der Waals surface area (Å²) in [7, 11) is 1.53. The Balaban J connectivity index is 2.06. The zero-order chi connectivity index (χ0) is 20.0. The summed E-state index contributed by atoms with van der Waals surface area (Å²) in [6.07, 6.45) is 0. The smallest absolute Gasteiger partial charge is 0.330 e. The molecule has 2 rings (SSSR count). The fourth-order valence-corrected chi connectivity index (χ4v) is 2.67. The van der Waals surface area contributed by atoms with Crippen molar-refractivity contribution in [2.45, 2.75) is 32.7 Å². The van der Waals surface area contributed by atoms with Gasteiger partial charge in [0.05, 0.1) is 7.11 Å². The maximum Gasteiger partial charge on any atom is 0.330 e. The lowest BCUT2D eigenvalue weighted by Crippen LogP contribution is -2.36. The molecule has 2 aromatic carbocycles. The van der Waals surface area contributed by atoms with Crippen molar-refractivity contribution in [3.05, 3.63) is 59.2 Å². The molecule has 2 N–H and O–H groups in total. The highest BCUT2D eigenvalue weighted by molar-refractivity contribution is 5.85. The van der Waals surface area contributed by atoms with Gasteiger partial charge in [0.15, 0.2) is 12.6 Å². The first-order chi connectivity index (χ1) is 12.8. The van der Waals surface area contributed by atoms with Crippen molar-refractivity contribution in [3.63, 3.8) is 0 Å². The molecule has 6 nitrogen and oxygen atoms in total. The van der Waals surface area contributed by atoms with Crippen molar-refractivity contribution in [1.82, 2.24) is 5.32 Å². The largest absolute Gasteiger partial charge is 0.497 e. The molecule has 2 aromatic rings. The van der Waals surface area contributed by atoms with Gasteiger partial charge in [0.1, 0.15) is 11.5 Å². The fraction of sp³-hybridized carbons (Fsp3) is 0.333. The molecule has 0 aliphatic heterocycles. The van der Waals surface area contributed by atoms with Gasteiger partial charge in [-0.05, 0) is 47.7 Å². The number of hydrogen-bond acceptors (Lipinski definition) is 4. The van der Waals surface area contributed by atoms with Gasteiger partial charge in [-0.2, -0.15) is 0 Å². The molecule has 0 heterocycles. The van der Waals surface area contributed by atoms with Crippen LogP contribution in [0.5, 0.6) is 11.5 Å². The molecular weight excluding hydrogens is 346 g/mol. The van der Waals surface area contributed by atoms with E-state index < -0.39 is 17.9 Å². The monoisotopic (exact) mass is 371 g/mol. The van der Waals surface area contributed by atoms with E-state index in [9.17, 15) is 14.7 Å². The number of benzene rings is 2. The first-order valence-electron chi connectivity index (χ1n) is 8.71. The number of carbonyl (C=O) groups excluding carboxylic acids is 1. The molecule has 27 heavy (non-hydrogen) atoms. The van der Waals surface area contributed by atoms with Gasteiger partial charge >= 0.3 is 5.97 Å². The van der Waals surface area contributed by atoms with Crippen molar-refractivity contribution in [1.29, 1.82) is 0 Å². The summed E-state index contributed by atoms with van der Waals surface area (Å²) in [6.45, 7) is 5.77. The highest BCUT2D eigenvalue weighted by atomic mass is 16.5. The lowest BCUT2D eigenvalue weighted by atomic mass is 10.0. The molecule has 1 amide bonds. The van der Waals surface area contributed by atoms with Crippen LogP contribution in [0.2, 0.25) is 0 Å². The van der Waals surface area contributed by atoms with E-state index in [2.05, 4.69) is 5.32 Å². The van der Waals surface area contributed by atoms with Gasteiger partial charge in [-0.1, -0.05) is 38.1 Å². The van der Waals surface area contributed by atoms with Gasteiger partial charge in [0, 0.05) is 0 Å². The molecule has 0 saturated heterocycles. The van der Waals surface area contributed by atoms with E-state index in [1.54, 1.807) is 24.3 Å². The quantitative estimate of drug-likeness (QED) is 0.742. The van der Waals surface area contributed by atoms with Gasteiger partial charge in [-0.15, -0.1) is 0 Å². The Morgan fingerprint density at radius 1 is 1.11 bits per heavy atom. The summed E-state index contributed by atoms with van der Waals surface area (Å²) < 4.78 is 10.7. The molecule has 0 radical (unpaired) electrons. The number of nitrogens with one attached hydrogen (secondary N) is 1. The summed E-state index contributed by atoms with van der Waals surface area (Å²) in [5.41, 5.74) is 2.48. The third-order valence-electron chi connectivity index (χ3n) is 4.15. The Kier molecular flexibility index (Phi) is 6.82. The van der Waals surface area contributed by atoms with Crippen LogP contribution in [0, 0.1) is 6.92 Å². The van der Waals surface area contributed by atoms with Crippen LogP contribution >= 0.6 is 0 Å². The second kappa shape index (κ2) is 9.07. The van der Waals surface area contributed by atoms with E-state index in [-0.39, 0.29) is 12.5 Å². The number of ether oxygens (including phenoxy) is 2. The number of aliphatic carboxylic acids is 1. The molecule has 0 fully saturated rings. The highest BCUT2D eigenvalue weighted by Crippen LogP contribution is 2.27. The summed E-state index contributed by atoms with van der Waals surface area (Å²) >= 11 is 0. The zero-order valence-electron chi connectivity index (χ0n) is 16.0. The molecular formula is C21H25NO5. The minimum Gasteiger partial charge on any atom is -0.497 e. The summed E-state index contributed by atoms with van der Waals surface area (Å²) in [5.74, 6) is -0.161. The molecule has 1 unspecified atom stereocenters. The molecule has 144 valence electrons. The van der Waals surface area contributed by atoms with E-state index >= 15 is 0 Å². The SMILES string of the molecule is COc1ccc(C(NC(=O)COc2cc(C)ccc2C(C)C)C(=O)O)cc1. The van der Waals surface area contributed by atoms with Crippen LogP contribution < -0.4 is 14.8 Å². The molecule has 0 bridgehead atoms. The molecule has 0 spiro atoms. The number of carboxylic acid groups (broad SMARTS) is 1. The number of carbonyl (C=O) groups is 2. The van der Waals surface area contributed by atoms with Crippen molar-refractivity contribution in [3.8, 4) is 11.5 Å². The van der Waals surface area contributed by atoms with E-state index in [4.69, 9.17) is 9.47 Å². The Hall–Kier alpha value is -3.02. The van der Waals surface area contributed by atoms with Crippen LogP contribution in [0.1, 0.15) is 42.5 Å². The zero-order valence-corrected chi connectivity index (χ0v) is 16.0. The van der Waals surface area contributed by atoms with E-state index in [1.165, 1.54) is 7.11 Å². The molecule has 0 aliphatic carbocycles. The maximum absolute atomic E-state index is 12.3. The Morgan fingerprint density at radius 3 is 2.33 bits per heavy atom. The highest BCUT2D eigenvalue weighted by Gasteiger charge is 2.22. The topological polar surface area (TPSA) is 84.9 Å². The summed E-state index contributed by atoms with van der Waals surface area (Å²) in [6, 6.07) is 11.2. The third-order valence-corrected chi connectivity index (χ3v) is 4.15. The van der Waals surface area contributed by atoms with Crippen LogP contribution in [0.15, 0.2) is 42.5 Å². The molecule has 0 aliphatic rings. The van der Waals surface area contributed by atoms with Crippen LogP contribution in [0.4, 0.5) is 0 Å². The van der Waals surface area contributed by atoms with Gasteiger partial charge in [-0.3, -0.25) is 4.79 Å². The predicted molar refractivity (Wildman–Crippen MR) is 102 cm³/mol. The van der Waals surface area contributed by atoms with Crippen LogP contribution in [0.3, 0.4) is 0 Å². The lowest BCUT2D eigenvalue weighted by Gasteiger charge is -2.17. The fourth-order valence-electron chi connectivity index (χ4n) is 2.67. The number of carboxylic acids is 1. The minimum atomic E-state index is -1.16. The summed E-state index contributed by atoms with van der Waals surface area (Å²) in [5, 5.41) is 12.0. The van der Waals surface area contributed by atoms with Crippen LogP contribution in [-0.4, -0.2) is 30.7 Å². The van der Waals surface area contributed by atoms with Gasteiger partial charge in [0.2, 0.25) is 0 Å². The number of amides is 1. The first-order valence-corrected chi connectivity index (χ1v) is 8.71. The van der Waals surface area contributed by atoms with Crippen LogP contribution in [0.25, 0.3) is 0 Å². The predicted octanol–water partition coefficient (Wildman–Crippen LogP) is 3.45. The van der Waals surface area contributed by atoms with E-state index in [0.717, 1.165) is 11.1 Å². The second-order valence-electron chi connectivity index (χ2n) is 6.60. The average molecular weight is 371 g/mol. The van der Waals surface area contributed by atoms with E-state index in [0.29, 0.717) is 17.1 Å². The number of hydrogen-bond donors (Lipinski definition) is 2. The van der Waals surface area contributed by atoms with Crippen LogP contribution in [-0.2, 0) is 9.59 Å². The number of rotatable bonds is 8. The lowest BCUT2D eigenvalue weighted by molar-refractivity contribution is -0.142. The maximum atomic E-state index is 12.3. The third kappa shape index (κ3) is 5.48. The number of methoxy groups -OCH3 is 1. The normalized spacial score (nSPS) is 11.7. The van der Waals surface area contributed by atoms with Crippen molar-refractivity contribution in [2.24, 2.45) is 0 Å². The van der Waals surface area contributed by atoms with Gasteiger partial charge < -0.3 is 19.9 Å². The van der Waals surface area contributed by atoms with E-state index in [1.807, 2.05) is 39.0 Å². The Bertz CT molecular complexity index is 799. The Labute approximate surface area is 159 Å². The Morgan fingerprint density at radius 2 is 1.78 bits per heavy atom. The van der Waals surface area contributed by atoms with Crippen molar-refractivity contribution >= 4 is 11.9 Å². The second-order valence-corrected chi connectivity index (χ2v) is 6.60. The molecule has 0 aromatic heterocycles. The number of aryl methyl sites for hydroxylation is 1. The standard InChI is InChI=1S/C21H25NO5/c1-13(2)17-10-5-14(3)11-18(17)27-12-19(23)22-20(21(24)25)15-6-8-16(26-4)9-7-15/h5-11,13,20H,12H2,1-4H3,(H,22,23)(H,24,25).